The van der Waals surface area contributed by atoms with Crippen LogP contribution in [0.4, 0.5) is 0 Å². The van der Waals surface area contributed by atoms with Crippen LogP contribution in [0, 0.1) is 6.92 Å². The minimum atomic E-state index is -0.374. The van der Waals surface area contributed by atoms with E-state index in [1.165, 1.54) is 18.4 Å². The van der Waals surface area contributed by atoms with Gasteiger partial charge in [0.25, 0.3) is 0 Å². The van der Waals surface area contributed by atoms with E-state index in [1.807, 2.05) is 13.8 Å². The van der Waals surface area contributed by atoms with E-state index in [4.69, 9.17) is 21.3 Å². The summed E-state index contributed by atoms with van der Waals surface area (Å²) >= 11 is 7.28. The van der Waals surface area contributed by atoms with Crippen LogP contribution >= 0.6 is 22.9 Å². The average molecular weight is 391 g/mol. The number of hydrogen-bond donors (Lipinski definition) is 0. The molecule has 0 spiro atoms. The number of ether oxygens (including phenoxy) is 1. The Bertz CT molecular complexity index is 1130. The van der Waals surface area contributed by atoms with Crippen molar-refractivity contribution in [1.29, 1.82) is 0 Å². The highest BCUT2D eigenvalue weighted by atomic mass is 35.5. The predicted molar refractivity (Wildman–Crippen MR) is 97.9 cm³/mol. The monoisotopic (exact) mass is 390 g/mol. The van der Waals surface area contributed by atoms with Gasteiger partial charge in [0.05, 0.1) is 23.7 Å². The first-order valence-electron chi connectivity index (χ1n) is 7.95. The number of esters is 1. The number of hydrogen-bond acceptors (Lipinski definition) is 7. The van der Waals surface area contributed by atoms with Crippen molar-refractivity contribution in [2.45, 2.75) is 26.3 Å². The largest absolute Gasteiger partial charge is 0.465 e. The summed E-state index contributed by atoms with van der Waals surface area (Å²) in [6.07, 6.45) is 5.70. The van der Waals surface area contributed by atoms with E-state index in [-0.39, 0.29) is 12.0 Å². The molecule has 0 aliphatic heterocycles. The molecule has 0 amide bonds. The van der Waals surface area contributed by atoms with Crippen LogP contribution in [0.5, 0.6) is 0 Å². The molecule has 0 saturated carbocycles. The van der Waals surface area contributed by atoms with Crippen LogP contribution < -0.4 is 0 Å². The summed E-state index contributed by atoms with van der Waals surface area (Å²) in [5.41, 5.74) is 1.45. The molecule has 0 saturated heterocycles. The Balaban J connectivity index is 1.90. The van der Waals surface area contributed by atoms with Crippen molar-refractivity contribution in [3.8, 4) is 0 Å². The fourth-order valence-electron chi connectivity index (χ4n) is 2.95. The maximum Gasteiger partial charge on any atom is 0.348 e. The van der Waals surface area contributed by atoms with Crippen LogP contribution in [-0.4, -0.2) is 42.4 Å². The van der Waals surface area contributed by atoms with Crippen molar-refractivity contribution in [2.24, 2.45) is 0 Å². The van der Waals surface area contributed by atoms with Crippen molar-refractivity contribution in [3.05, 3.63) is 40.0 Å². The third-order valence-corrected chi connectivity index (χ3v) is 5.60. The summed E-state index contributed by atoms with van der Waals surface area (Å²) in [7, 11) is 1.37. The zero-order chi connectivity index (χ0) is 18.4. The summed E-state index contributed by atoms with van der Waals surface area (Å²) in [6.45, 7) is 3.90. The smallest absolute Gasteiger partial charge is 0.348 e. The van der Waals surface area contributed by atoms with Crippen LogP contribution in [0.1, 0.15) is 40.4 Å². The van der Waals surface area contributed by atoms with Gasteiger partial charge >= 0.3 is 5.97 Å². The maximum atomic E-state index is 12.0. The lowest BCUT2D eigenvalue weighted by Crippen LogP contribution is -2.12. The summed E-state index contributed by atoms with van der Waals surface area (Å²) in [5, 5.41) is 10.2. The number of aromatic nitrogens is 6. The second-order valence-corrected chi connectivity index (χ2v) is 7.21. The van der Waals surface area contributed by atoms with Gasteiger partial charge in [0.1, 0.15) is 22.1 Å². The molecule has 134 valence electrons. The minimum absolute atomic E-state index is 0.142. The lowest BCUT2D eigenvalue weighted by atomic mass is 10.2. The fourth-order valence-corrected chi connectivity index (χ4v) is 4.16. The van der Waals surface area contributed by atoms with Gasteiger partial charge in [0, 0.05) is 6.20 Å². The number of carbonyl (C=O) groups excluding carboxylic acids is 1. The molecule has 4 aromatic heterocycles. The molecule has 0 aromatic carbocycles. The fraction of sp³-hybridized carbons (Fsp3) is 0.312. The van der Waals surface area contributed by atoms with Gasteiger partial charge in [-0.05, 0) is 18.9 Å². The molecule has 0 radical (unpaired) electrons. The number of rotatable bonds is 4. The Morgan fingerprint density at radius 3 is 2.92 bits per heavy atom. The van der Waals surface area contributed by atoms with E-state index in [2.05, 4.69) is 15.2 Å². The number of thiophene rings is 1. The molecule has 0 aliphatic carbocycles. The van der Waals surface area contributed by atoms with Crippen molar-refractivity contribution in [1.82, 2.24) is 29.4 Å². The van der Waals surface area contributed by atoms with Gasteiger partial charge in [-0.25, -0.2) is 19.3 Å². The van der Waals surface area contributed by atoms with E-state index in [0.29, 0.717) is 21.4 Å². The number of carbonyl (C=O) groups is 1. The molecular formula is C16H15ClN6O2S. The van der Waals surface area contributed by atoms with Crippen LogP contribution in [0.15, 0.2) is 18.7 Å². The van der Waals surface area contributed by atoms with Crippen LogP contribution in [0.25, 0.3) is 15.9 Å². The van der Waals surface area contributed by atoms with Crippen LogP contribution in [-0.2, 0) is 4.74 Å². The molecule has 0 bridgehead atoms. The molecule has 4 aromatic rings. The number of methoxy groups -OCH3 is 1. The zero-order valence-electron chi connectivity index (χ0n) is 14.3. The molecule has 0 aliphatic rings. The normalized spacial score (nSPS) is 12.8. The van der Waals surface area contributed by atoms with Crippen LogP contribution in [0.2, 0.25) is 5.02 Å². The predicted octanol–water partition coefficient (Wildman–Crippen LogP) is 3.28. The van der Waals surface area contributed by atoms with Gasteiger partial charge < -0.3 is 4.74 Å². The second kappa shape index (κ2) is 6.33. The molecule has 0 fully saturated rings. The highest BCUT2D eigenvalue weighted by Crippen LogP contribution is 2.32. The topological polar surface area (TPSA) is 87.2 Å². The van der Waals surface area contributed by atoms with Gasteiger partial charge in [-0.1, -0.05) is 18.5 Å². The first-order chi connectivity index (χ1) is 12.5. The molecule has 0 N–H and O–H groups in total. The summed E-state index contributed by atoms with van der Waals surface area (Å²) in [5.74, 6) is 0.243. The lowest BCUT2D eigenvalue weighted by Gasteiger charge is -2.10. The quantitative estimate of drug-likeness (QED) is 0.497. The van der Waals surface area contributed by atoms with E-state index >= 15 is 0 Å². The van der Waals surface area contributed by atoms with Crippen molar-refractivity contribution >= 4 is 44.8 Å². The van der Waals surface area contributed by atoms with E-state index in [1.54, 1.807) is 27.9 Å². The Labute approximate surface area is 157 Å². The lowest BCUT2D eigenvalue weighted by molar-refractivity contribution is 0.0605. The molecular weight excluding hydrogens is 376 g/mol. The first-order valence-corrected chi connectivity index (χ1v) is 9.15. The average Bonchev–Trinajstić information content (AvgIpc) is 3.32. The molecule has 26 heavy (non-hydrogen) atoms. The van der Waals surface area contributed by atoms with Crippen LogP contribution in [0.3, 0.4) is 0 Å². The number of fused-ring (bicyclic) bond motifs is 3. The molecule has 1 unspecified atom stereocenters. The Morgan fingerprint density at radius 2 is 2.27 bits per heavy atom. The molecule has 4 heterocycles. The van der Waals surface area contributed by atoms with E-state index in [9.17, 15) is 4.79 Å². The zero-order valence-corrected chi connectivity index (χ0v) is 15.9. The standard InChI is InChI=1S/C16H15ClN6O2S/c1-4-10(22-6-9(17)5-19-22)13-20-14-11-8(2)12(16(24)25-3)26-15(11)18-7-23(14)21-13/h5-7,10H,4H2,1-3H3. The number of nitrogens with zero attached hydrogens (tertiary/aromatic N) is 6. The van der Waals surface area contributed by atoms with Crippen molar-refractivity contribution in [3.63, 3.8) is 0 Å². The second-order valence-electron chi connectivity index (χ2n) is 5.77. The third-order valence-electron chi connectivity index (χ3n) is 4.23. The van der Waals surface area contributed by atoms with Gasteiger partial charge in [-0.2, -0.15) is 5.10 Å². The summed E-state index contributed by atoms with van der Waals surface area (Å²) in [4.78, 5) is 22.4. The van der Waals surface area contributed by atoms with E-state index < -0.39 is 0 Å². The maximum absolute atomic E-state index is 12.0. The highest BCUT2D eigenvalue weighted by Gasteiger charge is 2.23. The Hall–Kier alpha value is -2.52. The summed E-state index contributed by atoms with van der Waals surface area (Å²) in [6, 6.07) is -0.142. The SMILES string of the molecule is CCC(c1nc2c3c(C)c(C(=O)OC)sc3ncn2n1)n1cc(Cl)cn1. The Kier molecular flexibility index (Phi) is 4.12. The van der Waals surface area contributed by atoms with E-state index in [0.717, 1.165) is 22.2 Å². The highest BCUT2D eigenvalue weighted by molar-refractivity contribution is 7.20. The van der Waals surface area contributed by atoms with Gasteiger partial charge in [0.15, 0.2) is 11.5 Å². The van der Waals surface area contributed by atoms with Gasteiger partial charge in [-0.15, -0.1) is 16.4 Å². The third kappa shape index (κ3) is 2.55. The number of aryl methyl sites for hydroxylation is 1. The van der Waals surface area contributed by atoms with Gasteiger partial charge in [-0.3, -0.25) is 4.68 Å². The summed E-state index contributed by atoms with van der Waals surface area (Å²) < 4.78 is 8.24. The van der Waals surface area contributed by atoms with Gasteiger partial charge in [0.2, 0.25) is 0 Å². The molecule has 1 atom stereocenters. The minimum Gasteiger partial charge on any atom is -0.465 e. The molecule has 4 rings (SSSR count). The van der Waals surface area contributed by atoms with Crippen molar-refractivity contribution in [2.75, 3.05) is 7.11 Å². The number of halogens is 1. The first kappa shape index (κ1) is 16.9. The molecule has 8 nitrogen and oxygen atoms in total. The molecule has 10 heteroatoms. The van der Waals surface area contributed by atoms with Crippen molar-refractivity contribution < 1.29 is 9.53 Å². The Morgan fingerprint density at radius 1 is 1.46 bits per heavy atom.